The summed E-state index contributed by atoms with van der Waals surface area (Å²) in [7, 11) is 0. The molecule has 2 fully saturated rings. The number of carbonyl (C=O) groups excluding carboxylic acids is 1. The van der Waals surface area contributed by atoms with Crippen molar-refractivity contribution in [2.24, 2.45) is 10.4 Å². The molecule has 2 aliphatic heterocycles. The molecule has 2 saturated heterocycles. The third-order valence-corrected chi connectivity index (χ3v) is 5.57. The molecule has 31 heavy (non-hydrogen) atoms. The van der Waals surface area contributed by atoms with Crippen LogP contribution < -0.4 is 10.6 Å². The highest BCUT2D eigenvalue weighted by Gasteiger charge is 2.42. The summed E-state index contributed by atoms with van der Waals surface area (Å²) in [4.78, 5) is 19.6. The van der Waals surface area contributed by atoms with E-state index in [1.165, 1.54) is 0 Å². The summed E-state index contributed by atoms with van der Waals surface area (Å²) in [5, 5.41) is 6.41. The summed E-state index contributed by atoms with van der Waals surface area (Å²) in [6.07, 6.45) is 1.82. The Bertz CT molecular complexity index is 730. The largest absolute Gasteiger partial charge is 0.444 e. The highest BCUT2D eigenvalue weighted by Crippen LogP contribution is 2.38. The lowest BCUT2D eigenvalue weighted by Crippen LogP contribution is -2.42. The fraction of sp³-hybridized carbons (Fsp3) is 0.652. The van der Waals surface area contributed by atoms with Crippen LogP contribution in [-0.2, 0) is 9.47 Å². The predicted octanol–water partition coefficient (Wildman–Crippen LogP) is 3.95. The number of ether oxygens (including phenoxy) is 2. The van der Waals surface area contributed by atoms with Crippen LogP contribution in [0.25, 0.3) is 0 Å². The summed E-state index contributed by atoms with van der Waals surface area (Å²) < 4.78 is 11.1. The van der Waals surface area contributed by atoms with Crippen molar-refractivity contribution in [1.82, 2.24) is 15.5 Å². The summed E-state index contributed by atoms with van der Waals surface area (Å²) >= 11 is 0. The number of nitrogens with one attached hydrogen (secondary N) is 2. The zero-order chi connectivity index (χ0) is 21.6. The minimum atomic E-state index is -0.545. The highest BCUT2D eigenvalue weighted by molar-refractivity contribution is 14.0. The van der Waals surface area contributed by atoms with Crippen molar-refractivity contribution in [3.63, 3.8) is 0 Å². The van der Waals surface area contributed by atoms with Gasteiger partial charge in [0.2, 0.25) is 0 Å². The van der Waals surface area contributed by atoms with Crippen molar-refractivity contribution in [2.75, 3.05) is 39.4 Å². The smallest absolute Gasteiger partial charge is 0.408 e. The van der Waals surface area contributed by atoms with Crippen LogP contribution in [0.1, 0.15) is 52.1 Å². The van der Waals surface area contributed by atoms with Gasteiger partial charge in [-0.05, 0) is 46.1 Å². The summed E-state index contributed by atoms with van der Waals surface area (Å²) in [5.41, 5.74) is 0.727. The second-order valence-electron chi connectivity index (χ2n) is 9.28. The molecule has 0 bridgehead atoms. The topological polar surface area (TPSA) is 75.2 Å². The first-order chi connectivity index (χ1) is 14.3. The molecule has 2 N–H and O–H groups in total. The number of alkyl carbamates (subject to hydrolysis) is 1. The molecule has 2 unspecified atom stereocenters. The summed E-state index contributed by atoms with van der Waals surface area (Å²) in [6.45, 7) is 12.5. The molecular weight excluding hydrogens is 507 g/mol. The molecule has 1 spiro atoms. The molecule has 8 heteroatoms. The maximum Gasteiger partial charge on any atom is 0.408 e. The van der Waals surface area contributed by atoms with Crippen LogP contribution in [-0.4, -0.2) is 61.9 Å². The Morgan fingerprint density at radius 3 is 2.65 bits per heavy atom. The maximum absolute atomic E-state index is 12.4. The number of likely N-dealkylation sites (tertiary alicyclic amines) is 1. The highest BCUT2D eigenvalue weighted by atomic mass is 127. The van der Waals surface area contributed by atoms with E-state index < -0.39 is 11.7 Å². The molecule has 2 atom stereocenters. The second kappa shape index (κ2) is 11.4. The Hall–Kier alpha value is -1.55. The van der Waals surface area contributed by atoms with Gasteiger partial charge in [-0.25, -0.2) is 4.79 Å². The van der Waals surface area contributed by atoms with E-state index in [0.717, 1.165) is 57.2 Å². The number of carbonyl (C=O) groups is 1. The van der Waals surface area contributed by atoms with Crippen molar-refractivity contribution in [3.8, 4) is 0 Å². The van der Waals surface area contributed by atoms with Gasteiger partial charge in [0.1, 0.15) is 5.60 Å². The molecule has 174 valence electrons. The molecule has 1 aromatic carbocycles. The lowest BCUT2D eigenvalue weighted by molar-refractivity contribution is 0.0505. The maximum atomic E-state index is 12.4. The number of rotatable bonds is 5. The van der Waals surface area contributed by atoms with E-state index in [4.69, 9.17) is 14.5 Å². The van der Waals surface area contributed by atoms with Crippen molar-refractivity contribution < 1.29 is 14.3 Å². The molecule has 0 saturated carbocycles. The van der Waals surface area contributed by atoms with Crippen LogP contribution >= 0.6 is 24.0 Å². The van der Waals surface area contributed by atoms with Crippen LogP contribution in [0.15, 0.2) is 35.3 Å². The normalized spacial score (nSPS) is 22.2. The molecule has 0 aliphatic carbocycles. The van der Waals surface area contributed by atoms with E-state index in [0.29, 0.717) is 6.54 Å². The number of aliphatic imine (C=N–C) groups is 1. The Morgan fingerprint density at radius 1 is 1.29 bits per heavy atom. The molecule has 0 aromatic heterocycles. The summed E-state index contributed by atoms with van der Waals surface area (Å²) in [6, 6.07) is 9.66. The van der Waals surface area contributed by atoms with Crippen molar-refractivity contribution >= 4 is 36.0 Å². The van der Waals surface area contributed by atoms with E-state index in [2.05, 4.69) is 22.5 Å². The van der Waals surface area contributed by atoms with Gasteiger partial charge in [-0.1, -0.05) is 30.3 Å². The van der Waals surface area contributed by atoms with Gasteiger partial charge in [0, 0.05) is 31.7 Å². The summed E-state index contributed by atoms with van der Waals surface area (Å²) in [5.74, 6) is 0.896. The average molecular weight is 544 g/mol. The van der Waals surface area contributed by atoms with Crippen molar-refractivity contribution in [1.29, 1.82) is 0 Å². The van der Waals surface area contributed by atoms with Crippen LogP contribution in [0.4, 0.5) is 4.79 Å². The Kier molecular flexibility index (Phi) is 9.42. The van der Waals surface area contributed by atoms with Crippen molar-refractivity contribution in [3.05, 3.63) is 35.9 Å². The van der Waals surface area contributed by atoms with Crippen LogP contribution in [0.3, 0.4) is 0 Å². The van der Waals surface area contributed by atoms with Gasteiger partial charge >= 0.3 is 6.09 Å². The molecule has 3 rings (SSSR count). The van der Waals surface area contributed by atoms with E-state index >= 15 is 0 Å². The van der Waals surface area contributed by atoms with E-state index in [9.17, 15) is 4.79 Å². The third-order valence-electron chi connectivity index (χ3n) is 5.57. The standard InChI is InChI=1S/C23H36N4O3.HI/c1-5-24-20(27-13-11-23(16-27)12-14-29-17-23)25-15-19(18-9-7-6-8-10-18)26-21(28)30-22(2,3)4;/h6-10,19H,5,11-17H2,1-4H3,(H,24,25)(H,26,28);1H. The number of guanidine groups is 1. The lowest BCUT2D eigenvalue weighted by Gasteiger charge is -2.26. The molecule has 7 nitrogen and oxygen atoms in total. The Balaban J connectivity index is 0.00000341. The first kappa shape index (κ1) is 25.7. The number of halogens is 1. The number of benzene rings is 1. The fourth-order valence-corrected chi connectivity index (χ4v) is 4.06. The van der Waals surface area contributed by atoms with Gasteiger partial charge in [-0.15, -0.1) is 24.0 Å². The molecule has 2 heterocycles. The van der Waals surface area contributed by atoms with Crippen LogP contribution in [0.5, 0.6) is 0 Å². The number of nitrogens with zero attached hydrogens (tertiary/aromatic N) is 2. The van der Waals surface area contributed by atoms with Crippen LogP contribution in [0.2, 0.25) is 0 Å². The fourth-order valence-electron chi connectivity index (χ4n) is 4.06. The van der Waals surface area contributed by atoms with Crippen LogP contribution in [0, 0.1) is 5.41 Å². The number of amides is 1. The van der Waals surface area contributed by atoms with Gasteiger partial charge in [-0.2, -0.15) is 0 Å². The first-order valence-corrected chi connectivity index (χ1v) is 11.0. The Morgan fingerprint density at radius 2 is 2.03 bits per heavy atom. The Labute approximate surface area is 203 Å². The third kappa shape index (κ3) is 7.52. The van der Waals surface area contributed by atoms with Gasteiger partial charge in [0.05, 0.1) is 19.2 Å². The van der Waals surface area contributed by atoms with Gasteiger partial charge in [0.15, 0.2) is 5.96 Å². The monoisotopic (exact) mass is 544 g/mol. The van der Waals surface area contributed by atoms with Gasteiger partial charge in [0.25, 0.3) is 0 Å². The van der Waals surface area contributed by atoms with Crippen molar-refractivity contribution in [2.45, 2.75) is 52.2 Å². The number of hydrogen-bond donors (Lipinski definition) is 2. The quantitative estimate of drug-likeness (QED) is 0.334. The minimum Gasteiger partial charge on any atom is -0.444 e. The first-order valence-electron chi connectivity index (χ1n) is 11.0. The average Bonchev–Trinajstić information content (AvgIpc) is 3.33. The molecule has 1 aromatic rings. The zero-order valence-electron chi connectivity index (χ0n) is 19.1. The van der Waals surface area contributed by atoms with Gasteiger partial charge in [-0.3, -0.25) is 4.99 Å². The molecule has 1 amide bonds. The lowest BCUT2D eigenvalue weighted by atomic mass is 9.87. The molecule has 2 aliphatic rings. The van der Waals surface area contributed by atoms with E-state index in [1.807, 2.05) is 51.1 Å². The van der Waals surface area contributed by atoms with E-state index in [-0.39, 0.29) is 35.4 Å². The minimum absolute atomic E-state index is 0. The molecular formula is C23H37IN4O3. The predicted molar refractivity (Wildman–Crippen MR) is 134 cm³/mol. The molecule has 0 radical (unpaired) electrons. The number of hydrogen-bond acceptors (Lipinski definition) is 4. The SMILES string of the molecule is CCNC(=NCC(NC(=O)OC(C)(C)C)c1ccccc1)N1CCC2(CCOC2)C1.I. The zero-order valence-corrected chi connectivity index (χ0v) is 21.5. The second-order valence-corrected chi connectivity index (χ2v) is 9.28. The van der Waals surface area contributed by atoms with Gasteiger partial charge < -0.3 is 25.0 Å². The van der Waals surface area contributed by atoms with E-state index in [1.54, 1.807) is 0 Å².